The first-order chi connectivity index (χ1) is 11.5. The molecule has 3 nitrogen and oxygen atoms in total. The van der Waals surface area contributed by atoms with Crippen LogP contribution in [0, 0.1) is 13.8 Å². The Morgan fingerprint density at radius 3 is 2.58 bits per heavy atom. The van der Waals surface area contributed by atoms with Gasteiger partial charge in [0.15, 0.2) is 0 Å². The maximum atomic E-state index is 12.4. The zero-order valence-corrected chi connectivity index (χ0v) is 16.0. The van der Waals surface area contributed by atoms with Crippen molar-refractivity contribution < 1.29 is 4.79 Å². The topological polar surface area (TPSA) is 42.0 Å². The van der Waals surface area contributed by atoms with Gasteiger partial charge in [0.1, 0.15) is 0 Å². The van der Waals surface area contributed by atoms with Crippen molar-refractivity contribution in [3.05, 3.63) is 39.7 Å². The highest BCUT2D eigenvalue weighted by atomic mass is 32.1. The van der Waals surface area contributed by atoms with Crippen LogP contribution in [0.5, 0.6) is 0 Å². The fourth-order valence-electron chi connectivity index (χ4n) is 2.77. The molecule has 0 bridgehead atoms. The van der Waals surface area contributed by atoms with E-state index in [-0.39, 0.29) is 11.9 Å². The van der Waals surface area contributed by atoms with Crippen LogP contribution in [-0.2, 0) is 11.2 Å². The second-order valence-electron chi connectivity index (χ2n) is 6.51. The van der Waals surface area contributed by atoms with Gasteiger partial charge in [0, 0.05) is 16.5 Å². The zero-order chi connectivity index (χ0) is 17.5. The summed E-state index contributed by atoms with van der Waals surface area (Å²) in [7, 11) is 0. The number of rotatable bonds is 8. The Bertz CT molecular complexity index is 661. The molecule has 1 amide bonds. The summed E-state index contributed by atoms with van der Waals surface area (Å²) < 4.78 is 0. The van der Waals surface area contributed by atoms with E-state index in [4.69, 9.17) is 0 Å². The summed E-state index contributed by atoms with van der Waals surface area (Å²) >= 11 is 1.62. The molecule has 1 aromatic carbocycles. The number of aryl methyl sites for hydroxylation is 2. The third-order valence-electron chi connectivity index (χ3n) is 4.10. The molecule has 2 rings (SSSR count). The highest BCUT2D eigenvalue weighted by Crippen LogP contribution is 2.28. The normalized spacial score (nSPS) is 12.2. The highest BCUT2D eigenvalue weighted by Gasteiger charge is 2.16. The van der Waals surface area contributed by atoms with Crippen LogP contribution in [0.1, 0.15) is 55.0 Å². The van der Waals surface area contributed by atoms with Crippen LogP contribution in [0.4, 0.5) is 0 Å². The van der Waals surface area contributed by atoms with Crippen molar-refractivity contribution in [2.45, 2.75) is 65.8 Å². The first-order valence-corrected chi connectivity index (χ1v) is 9.64. The average molecular weight is 345 g/mol. The number of benzene rings is 1. The number of thiazole rings is 1. The molecule has 0 fully saturated rings. The van der Waals surface area contributed by atoms with Crippen molar-refractivity contribution >= 4 is 17.2 Å². The Kier molecular flexibility index (Phi) is 6.98. The van der Waals surface area contributed by atoms with E-state index >= 15 is 0 Å². The molecule has 1 unspecified atom stereocenters. The monoisotopic (exact) mass is 344 g/mol. The van der Waals surface area contributed by atoms with E-state index in [0.29, 0.717) is 6.42 Å². The second-order valence-corrected chi connectivity index (χ2v) is 7.80. The van der Waals surface area contributed by atoms with Gasteiger partial charge in [-0.05, 0) is 27.2 Å². The van der Waals surface area contributed by atoms with Gasteiger partial charge in [-0.25, -0.2) is 4.98 Å². The van der Waals surface area contributed by atoms with E-state index in [9.17, 15) is 4.79 Å². The van der Waals surface area contributed by atoms with Crippen LogP contribution in [0.2, 0.25) is 0 Å². The Morgan fingerprint density at radius 1 is 1.21 bits per heavy atom. The summed E-state index contributed by atoms with van der Waals surface area (Å²) in [5.41, 5.74) is 3.26. The minimum absolute atomic E-state index is 0.0935. The largest absolute Gasteiger partial charge is 0.353 e. The molecule has 130 valence electrons. The maximum absolute atomic E-state index is 12.4. The molecular weight excluding hydrogens is 316 g/mol. The van der Waals surface area contributed by atoms with Crippen LogP contribution in [-0.4, -0.2) is 16.9 Å². The maximum Gasteiger partial charge on any atom is 0.225 e. The standard InChI is InChI=1S/C20H28N2OS/c1-5-6-7-8-15(3)21-19(23)13-18-20(22-16(4)24-18)17-11-9-14(2)10-12-17/h9-12,15H,5-8,13H2,1-4H3,(H,21,23). The summed E-state index contributed by atoms with van der Waals surface area (Å²) in [6, 6.07) is 8.57. The molecule has 0 aliphatic rings. The molecule has 4 heteroatoms. The van der Waals surface area contributed by atoms with E-state index in [0.717, 1.165) is 27.6 Å². The summed E-state index contributed by atoms with van der Waals surface area (Å²) in [5, 5.41) is 4.13. The molecule has 1 heterocycles. The first kappa shape index (κ1) is 18.7. The number of hydrogen-bond acceptors (Lipinski definition) is 3. The van der Waals surface area contributed by atoms with Gasteiger partial charge in [0.2, 0.25) is 5.91 Å². The van der Waals surface area contributed by atoms with Crippen LogP contribution in [0.3, 0.4) is 0 Å². The molecule has 0 aliphatic heterocycles. The number of nitrogens with one attached hydrogen (secondary N) is 1. The van der Waals surface area contributed by atoms with E-state index in [2.05, 4.69) is 55.3 Å². The van der Waals surface area contributed by atoms with Crippen molar-refractivity contribution in [2.75, 3.05) is 0 Å². The highest BCUT2D eigenvalue weighted by molar-refractivity contribution is 7.12. The molecule has 0 aliphatic carbocycles. The molecule has 1 aromatic heterocycles. The smallest absolute Gasteiger partial charge is 0.225 e. The lowest BCUT2D eigenvalue weighted by Gasteiger charge is -2.13. The molecular formula is C20H28N2OS. The number of hydrogen-bond donors (Lipinski definition) is 1. The zero-order valence-electron chi connectivity index (χ0n) is 15.2. The van der Waals surface area contributed by atoms with Gasteiger partial charge in [-0.15, -0.1) is 11.3 Å². The summed E-state index contributed by atoms with van der Waals surface area (Å²) in [5.74, 6) is 0.0935. The molecule has 0 saturated carbocycles. The van der Waals surface area contributed by atoms with Crippen molar-refractivity contribution in [3.8, 4) is 11.3 Å². The van der Waals surface area contributed by atoms with Crippen molar-refractivity contribution in [3.63, 3.8) is 0 Å². The fraction of sp³-hybridized carbons (Fsp3) is 0.500. The van der Waals surface area contributed by atoms with Crippen molar-refractivity contribution in [2.24, 2.45) is 0 Å². The third-order valence-corrected chi connectivity index (χ3v) is 5.07. The predicted octanol–water partition coefficient (Wildman–Crippen LogP) is 5.05. The van der Waals surface area contributed by atoms with Crippen LogP contribution in [0.25, 0.3) is 11.3 Å². The van der Waals surface area contributed by atoms with Crippen molar-refractivity contribution in [1.82, 2.24) is 10.3 Å². The molecule has 0 radical (unpaired) electrons. The number of carbonyl (C=O) groups is 1. The molecule has 0 spiro atoms. The van der Waals surface area contributed by atoms with Crippen molar-refractivity contribution in [1.29, 1.82) is 0 Å². The van der Waals surface area contributed by atoms with Gasteiger partial charge in [0.25, 0.3) is 0 Å². The Labute approximate surface area is 149 Å². The second kappa shape index (κ2) is 8.97. The van der Waals surface area contributed by atoms with Gasteiger partial charge in [-0.3, -0.25) is 4.79 Å². The number of unbranched alkanes of at least 4 members (excludes halogenated alkanes) is 2. The lowest BCUT2D eigenvalue weighted by Crippen LogP contribution is -2.33. The molecule has 24 heavy (non-hydrogen) atoms. The van der Waals surface area contributed by atoms with Gasteiger partial charge in [-0.1, -0.05) is 56.0 Å². The van der Waals surface area contributed by atoms with Gasteiger partial charge >= 0.3 is 0 Å². The summed E-state index contributed by atoms with van der Waals surface area (Å²) in [6.45, 7) is 8.36. The number of amides is 1. The molecule has 1 N–H and O–H groups in total. The van der Waals surface area contributed by atoms with E-state index < -0.39 is 0 Å². The molecule has 0 saturated heterocycles. The minimum Gasteiger partial charge on any atom is -0.353 e. The Balaban J connectivity index is 2.02. The van der Waals surface area contributed by atoms with E-state index in [1.165, 1.54) is 24.8 Å². The molecule has 1 atom stereocenters. The minimum atomic E-state index is 0.0935. The van der Waals surface area contributed by atoms with Gasteiger partial charge < -0.3 is 5.32 Å². The van der Waals surface area contributed by atoms with Crippen LogP contribution in [0.15, 0.2) is 24.3 Å². The summed E-state index contributed by atoms with van der Waals surface area (Å²) in [4.78, 5) is 18.1. The van der Waals surface area contributed by atoms with Crippen LogP contribution >= 0.6 is 11.3 Å². The SMILES string of the molecule is CCCCCC(C)NC(=O)Cc1sc(C)nc1-c1ccc(C)cc1. The number of nitrogens with zero attached hydrogens (tertiary/aromatic N) is 1. The predicted molar refractivity (Wildman–Crippen MR) is 102 cm³/mol. The lowest BCUT2D eigenvalue weighted by atomic mass is 10.1. The molecule has 2 aromatic rings. The summed E-state index contributed by atoms with van der Waals surface area (Å²) in [6.07, 6.45) is 5.07. The van der Waals surface area contributed by atoms with Gasteiger partial charge in [0.05, 0.1) is 17.1 Å². The Hall–Kier alpha value is -1.68. The van der Waals surface area contributed by atoms with E-state index in [1.807, 2.05) is 6.92 Å². The quantitative estimate of drug-likeness (QED) is 0.681. The average Bonchev–Trinajstić information content (AvgIpc) is 2.88. The van der Waals surface area contributed by atoms with E-state index in [1.54, 1.807) is 11.3 Å². The number of carbonyl (C=O) groups excluding carboxylic acids is 1. The lowest BCUT2D eigenvalue weighted by molar-refractivity contribution is -0.121. The third kappa shape index (κ3) is 5.45. The fourth-order valence-corrected chi connectivity index (χ4v) is 3.73. The van der Waals surface area contributed by atoms with Crippen LogP contribution < -0.4 is 5.32 Å². The Morgan fingerprint density at radius 2 is 1.92 bits per heavy atom. The first-order valence-electron chi connectivity index (χ1n) is 8.82. The number of aromatic nitrogens is 1. The van der Waals surface area contributed by atoms with Gasteiger partial charge in [-0.2, -0.15) is 0 Å².